The molecule has 1 heterocycles. The Labute approximate surface area is 177 Å². The number of carbonyl (C=O) groups is 1. The van der Waals surface area contributed by atoms with Crippen LogP contribution in [0.15, 0.2) is 59.0 Å². The summed E-state index contributed by atoms with van der Waals surface area (Å²) in [4.78, 5) is 12.7. The van der Waals surface area contributed by atoms with Gasteiger partial charge in [0.25, 0.3) is 5.91 Å². The number of carbonyl (C=O) groups excluding carboxylic acids is 1. The summed E-state index contributed by atoms with van der Waals surface area (Å²) in [6.45, 7) is 1.62. The first kappa shape index (κ1) is 19.4. The van der Waals surface area contributed by atoms with Gasteiger partial charge >= 0.3 is 0 Å². The van der Waals surface area contributed by atoms with Crippen LogP contribution in [0.5, 0.6) is 11.5 Å². The molecule has 148 valence electrons. The number of fused-ring (bicyclic) bond motifs is 3. The number of anilines is 1. The molecule has 1 aromatic heterocycles. The summed E-state index contributed by atoms with van der Waals surface area (Å²) in [5.74, 6) is 0.488. The highest BCUT2D eigenvalue weighted by atomic mass is 35.5. The molecule has 3 aromatic carbocycles. The molecular formula is C22H17Cl2NO4. The highest BCUT2D eigenvalue weighted by Crippen LogP contribution is 2.37. The molecule has 0 aliphatic heterocycles. The Bertz CT molecular complexity index is 1220. The predicted molar refractivity (Wildman–Crippen MR) is 115 cm³/mol. The Kier molecular flexibility index (Phi) is 5.26. The van der Waals surface area contributed by atoms with Crippen LogP contribution in [0.25, 0.3) is 21.9 Å². The minimum absolute atomic E-state index is 0.259. The van der Waals surface area contributed by atoms with Crippen LogP contribution < -0.4 is 14.8 Å². The number of amides is 1. The molecule has 0 bridgehead atoms. The van der Waals surface area contributed by atoms with Crippen LogP contribution >= 0.6 is 23.2 Å². The second kappa shape index (κ2) is 7.85. The van der Waals surface area contributed by atoms with Crippen LogP contribution in [0.1, 0.15) is 6.92 Å². The van der Waals surface area contributed by atoms with Crippen molar-refractivity contribution in [3.8, 4) is 11.5 Å². The van der Waals surface area contributed by atoms with Crippen LogP contribution in [0.2, 0.25) is 10.0 Å². The number of hydrogen-bond acceptors (Lipinski definition) is 4. The molecule has 0 spiro atoms. The second-order valence-electron chi connectivity index (χ2n) is 6.45. The first-order valence-electron chi connectivity index (χ1n) is 8.88. The molecule has 1 unspecified atom stereocenters. The van der Waals surface area contributed by atoms with Gasteiger partial charge in [0.1, 0.15) is 27.7 Å². The average molecular weight is 430 g/mol. The maximum atomic E-state index is 12.7. The molecule has 1 N–H and O–H groups in total. The monoisotopic (exact) mass is 429 g/mol. The van der Waals surface area contributed by atoms with E-state index in [9.17, 15) is 4.79 Å². The molecule has 0 saturated carbocycles. The van der Waals surface area contributed by atoms with E-state index < -0.39 is 6.10 Å². The summed E-state index contributed by atoms with van der Waals surface area (Å²) in [5, 5.41) is 5.33. The number of rotatable bonds is 5. The highest BCUT2D eigenvalue weighted by molar-refractivity contribution is 6.42. The highest BCUT2D eigenvalue weighted by Gasteiger charge is 2.20. The summed E-state index contributed by atoms with van der Waals surface area (Å²) >= 11 is 12.1. The quantitative estimate of drug-likeness (QED) is 0.403. The van der Waals surface area contributed by atoms with Gasteiger partial charge in [0.15, 0.2) is 6.10 Å². The average Bonchev–Trinajstić information content (AvgIpc) is 3.08. The van der Waals surface area contributed by atoms with Crippen molar-refractivity contribution >= 4 is 56.7 Å². The van der Waals surface area contributed by atoms with Crippen LogP contribution in [0.3, 0.4) is 0 Å². The summed E-state index contributed by atoms with van der Waals surface area (Å²) in [5.41, 5.74) is 1.89. The fourth-order valence-corrected chi connectivity index (χ4v) is 3.41. The van der Waals surface area contributed by atoms with Gasteiger partial charge in [-0.1, -0.05) is 47.5 Å². The molecule has 29 heavy (non-hydrogen) atoms. The third kappa shape index (κ3) is 3.71. The van der Waals surface area contributed by atoms with Crippen molar-refractivity contribution < 1.29 is 18.7 Å². The van der Waals surface area contributed by atoms with Crippen LogP contribution in [-0.4, -0.2) is 19.1 Å². The van der Waals surface area contributed by atoms with E-state index in [-0.39, 0.29) is 10.9 Å². The summed E-state index contributed by atoms with van der Waals surface area (Å²) in [6, 6.07) is 16.3. The number of ether oxygens (including phenoxy) is 2. The molecule has 4 rings (SSSR count). The number of benzene rings is 3. The van der Waals surface area contributed by atoms with Gasteiger partial charge in [-0.2, -0.15) is 0 Å². The van der Waals surface area contributed by atoms with Crippen molar-refractivity contribution in [2.45, 2.75) is 13.0 Å². The van der Waals surface area contributed by atoms with E-state index in [4.69, 9.17) is 37.1 Å². The van der Waals surface area contributed by atoms with Gasteiger partial charge in [0, 0.05) is 16.8 Å². The normalized spacial score (nSPS) is 12.1. The van der Waals surface area contributed by atoms with Crippen molar-refractivity contribution in [1.29, 1.82) is 0 Å². The fraction of sp³-hybridized carbons (Fsp3) is 0.136. The van der Waals surface area contributed by atoms with Gasteiger partial charge in [-0.05, 0) is 31.2 Å². The summed E-state index contributed by atoms with van der Waals surface area (Å²) < 4.78 is 17.0. The maximum Gasteiger partial charge on any atom is 0.265 e. The van der Waals surface area contributed by atoms with Gasteiger partial charge in [0.2, 0.25) is 0 Å². The van der Waals surface area contributed by atoms with Crippen LogP contribution in [-0.2, 0) is 4.79 Å². The van der Waals surface area contributed by atoms with E-state index >= 15 is 0 Å². The third-order valence-electron chi connectivity index (χ3n) is 4.55. The van der Waals surface area contributed by atoms with Gasteiger partial charge in [-0.25, -0.2) is 0 Å². The van der Waals surface area contributed by atoms with E-state index in [1.165, 1.54) is 0 Å². The van der Waals surface area contributed by atoms with E-state index in [1.807, 2.05) is 30.3 Å². The van der Waals surface area contributed by atoms with Crippen LogP contribution in [0.4, 0.5) is 5.69 Å². The number of halogens is 2. The minimum Gasteiger partial charge on any atom is -0.495 e. The lowest BCUT2D eigenvalue weighted by Crippen LogP contribution is -2.30. The van der Waals surface area contributed by atoms with E-state index in [1.54, 1.807) is 38.3 Å². The van der Waals surface area contributed by atoms with Crippen molar-refractivity contribution in [3.63, 3.8) is 0 Å². The zero-order valence-electron chi connectivity index (χ0n) is 15.7. The first-order chi connectivity index (χ1) is 14.0. The third-order valence-corrected chi connectivity index (χ3v) is 5.35. The lowest BCUT2D eigenvalue weighted by Gasteiger charge is -2.17. The van der Waals surface area contributed by atoms with Gasteiger partial charge in [-0.3, -0.25) is 4.79 Å². The minimum atomic E-state index is -0.818. The predicted octanol–water partition coefficient (Wildman–Crippen LogP) is 6.31. The molecular weight excluding hydrogens is 413 g/mol. The number of para-hydroxylation sites is 1. The molecule has 0 aliphatic rings. The zero-order valence-corrected chi connectivity index (χ0v) is 17.2. The van der Waals surface area contributed by atoms with Gasteiger partial charge in [0.05, 0.1) is 17.8 Å². The smallest absolute Gasteiger partial charge is 0.265 e. The Morgan fingerprint density at radius 1 is 1.00 bits per heavy atom. The second-order valence-corrected chi connectivity index (χ2v) is 7.23. The zero-order chi connectivity index (χ0) is 20.5. The summed E-state index contributed by atoms with van der Waals surface area (Å²) in [6.07, 6.45) is -0.818. The topological polar surface area (TPSA) is 60.7 Å². The molecule has 7 heteroatoms. The molecule has 0 radical (unpaired) electrons. The van der Waals surface area contributed by atoms with Gasteiger partial charge < -0.3 is 19.2 Å². The number of hydrogen-bond donors (Lipinski definition) is 1. The summed E-state index contributed by atoms with van der Waals surface area (Å²) in [7, 11) is 1.55. The molecule has 1 amide bonds. The molecule has 1 atom stereocenters. The Morgan fingerprint density at radius 3 is 2.59 bits per heavy atom. The van der Waals surface area contributed by atoms with E-state index in [0.717, 1.165) is 16.4 Å². The largest absolute Gasteiger partial charge is 0.495 e. The van der Waals surface area contributed by atoms with Crippen molar-refractivity contribution in [3.05, 3.63) is 64.6 Å². The molecule has 0 aliphatic carbocycles. The standard InChI is InChI=1S/C22H17Cl2NO4/c1-12(28-18-9-5-7-15(23)21(18)24)22(26)25-16-11-19-14(10-20(16)27-2)13-6-3-4-8-17(13)29-19/h3-12H,1-2H3,(H,25,26). The molecule has 4 aromatic rings. The SMILES string of the molecule is COc1cc2c(cc1NC(=O)C(C)Oc1cccc(Cl)c1Cl)oc1ccccc12. The molecule has 5 nitrogen and oxygen atoms in total. The Balaban J connectivity index is 1.61. The maximum absolute atomic E-state index is 12.7. The first-order valence-corrected chi connectivity index (χ1v) is 9.64. The lowest BCUT2D eigenvalue weighted by molar-refractivity contribution is -0.122. The van der Waals surface area contributed by atoms with Gasteiger partial charge in [-0.15, -0.1) is 0 Å². The number of furan rings is 1. The fourth-order valence-electron chi connectivity index (χ4n) is 3.07. The number of methoxy groups -OCH3 is 1. The van der Waals surface area contributed by atoms with Crippen molar-refractivity contribution in [2.75, 3.05) is 12.4 Å². The van der Waals surface area contributed by atoms with Crippen molar-refractivity contribution in [2.24, 2.45) is 0 Å². The molecule has 0 fully saturated rings. The number of nitrogens with one attached hydrogen (secondary N) is 1. The van der Waals surface area contributed by atoms with E-state index in [0.29, 0.717) is 27.8 Å². The lowest BCUT2D eigenvalue weighted by atomic mass is 10.1. The van der Waals surface area contributed by atoms with Crippen molar-refractivity contribution in [1.82, 2.24) is 0 Å². The van der Waals surface area contributed by atoms with E-state index in [2.05, 4.69) is 5.32 Å². The Hall–Kier alpha value is -2.89. The molecule has 0 saturated heterocycles. The Morgan fingerprint density at radius 2 is 1.79 bits per heavy atom. The van der Waals surface area contributed by atoms with Crippen LogP contribution in [0, 0.1) is 0 Å².